The second-order valence-corrected chi connectivity index (χ2v) is 5.96. The summed E-state index contributed by atoms with van der Waals surface area (Å²) >= 11 is 0. The average molecular weight is 247 g/mol. The fraction of sp³-hybridized carbons (Fsp3) is 0.647. The van der Waals surface area contributed by atoms with Gasteiger partial charge in [-0.05, 0) is 35.9 Å². The number of hydrogen-bond acceptors (Lipinski definition) is 1. The zero-order valence-corrected chi connectivity index (χ0v) is 12.5. The Labute approximate surface area is 113 Å². The van der Waals surface area contributed by atoms with E-state index >= 15 is 0 Å². The van der Waals surface area contributed by atoms with Gasteiger partial charge in [-0.25, -0.2) is 0 Å². The van der Waals surface area contributed by atoms with Gasteiger partial charge in [0.25, 0.3) is 0 Å². The largest absolute Gasteiger partial charge is 0.313 e. The van der Waals surface area contributed by atoms with Crippen LogP contribution in [-0.4, -0.2) is 6.54 Å². The van der Waals surface area contributed by atoms with Gasteiger partial charge in [0.1, 0.15) is 0 Å². The molecule has 0 heterocycles. The zero-order chi connectivity index (χ0) is 13.4. The molecule has 0 aliphatic heterocycles. The highest BCUT2D eigenvalue weighted by molar-refractivity contribution is 5.24. The van der Waals surface area contributed by atoms with Gasteiger partial charge in [-0.3, -0.25) is 0 Å². The van der Waals surface area contributed by atoms with Gasteiger partial charge in [-0.2, -0.15) is 0 Å². The number of benzene rings is 1. The Hall–Kier alpha value is -0.820. The van der Waals surface area contributed by atoms with Gasteiger partial charge in [0, 0.05) is 6.54 Å². The molecule has 1 aromatic carbocycles. The molecule has 1 nitrogen and oxygen atoms in total. The standard InChI is InChI=1S/C17H29N/c1-14(2)7-5-6-12-18-13-16-8-10-17(11-9-16)15(3)4/h8-11,14-15,18H,5-7,12-13H2,1-4H3. The summed E-state index contributed by atoms with van der Waals surface area (Å²) in [5.74, 6) is 1.47. The third-order valence-electron chi connectivity index (χ3n) is 3.36. The predicted molar refractivity (Wildman–Crippen MR) is 80.9 cm³/mol. The van der Waals surface area contributed by atoms with Crippen LogP contribution in [0.5, 0.6) is 0 Å². The van der Waals surface area contributed by atoms with Crippen LogP contribution in [0.15, 0.2) is 24.3 Å². The summed E-state index contributed by atoms with van der Waals surface area (Å²) in [7, 11) is 0. The van der Waals surface area contributed by atoms with Crippen molar-refractivity contribution in [1.29, 1.82) is 0 Å². The van der Waals surface area contributed by atoms with Gasteiger partial charge in [-0.1, -0.05) is 64.8 Å². The molecule has 102 valence electrons. The second kappa shape index (κ2) is 8.31. The molecule has 0 radical (unpaired) electrons. The summed E-state index contributed by atoms with van der Waals surface area (Å²) in [6, 6.07) is 8.99. The van der Waals surface area contributed by atoms with Crippen LogP contribution < -0.4 is 5.32 Å². The quantitative estimate of drug-likeness (QED) is 0.655. The molecule has 0 aromatic heterocycles. The van der Waals surface area contributed by atoms with Crippen molar-refractivity contribution in [3.8, 4) is 0 Å². The lowest BCUT2D eigenvalue weighted by Gasteiger charge is -2.08. The number of hydrogen-bond donors (Lipinski definition) is 1. The summed E-state index contributed by atoms with van der Waals surface area (Å²) < 4.78 is 0. The topological polar surface area (TPSA) is 12.0 Å². The van der Waals surface area contributed by atoms with Crippen LogP contribution in [0.1, 0.15) is 64.0 Å². The molecule has 0 spiro atoms. The summed E-state index contributed by atoms with van der Waals surface area (Å²) in [6.45, 7) is 11.2. The Morgan fingerprint density at radius 2 is 1.61 bits per heavy atom. The van der Waals surface area contributed by atoms with Crippen molar-refractivity contribution >= 4 is 0 Å². The van der Waals surface area contributed by atoms with Crippen LogP contribution >= 0.6 is 0 Å². The number of rotatable bonds is 8. The van der Waals surface area contributed by atoms with E-state index in [1.165, 1.54) is 30.4 Å². The van der Waals surface area contributed by atoms with Crippen LogP contribution in [0.25, 0.3) is 0 Å². The van der Waals surface area contributed by atoms with Gasteiger partial charge in [0.05, 0.1) is 0 Å². The van der Waals surface area contributed by atoms with E-state index in [0.717, 1.165) is 19.0 Å². The van der Waals surface area contributed by atoms with Crippen molar-refractivity contribution in [2.45, 2.75) is 59.4 Å². The monoisotopic (exact) mass is 247 g/mol. The normalized spacial score (nSPS) is 11.4. The van der Waals surface area contributed by atoms with E-state index in [4.69, 9.17) is 0 Å². The summed E-state index contributed by atoms with van der Waals surface area (Å²) in [6.07, 6.45) is 3.99. The van der Waals surface area contributed by atoms with Crippen LogP contribution in [0.4, 0.5) is 0 Å². The molecule has 0 fully saturated rings. The Kier molecular flexibility index (Phi) is 7.04. The second-order valence-electron chi connectivity index (χ2n) is 5.96. The molecule has 0 aliphatic rings. The molecular formula is C17H29N. The van der Waals surface area contributed by atoms with Crippen LogP contribution in [-0.2, 0) is 6.54 Å². The molecular weight excluding hydrogens is 218 g/mol. The third kappa shape index (κ3) is 6.20. The molecule has 18 heavy (non-hydrogen) atoms. The maximum absolute atomic E-state index is 3.52. The summed E-state index contributed by atoms with van der Waals surface area (Å²) in [5.41, 5.74) is 2.82. The van der Waals surface area contributed by atoms with Crippen molar-refractivity contribution < 1.29 is 0 Å². The van der Waals surface area contributed by atoms with Gasteiger partial charge in [-0.15, -0.1) is 0 Å². The van der Waals surface area contributed by atoms with Gasteiger partial charge in [0.2, 0.25) is 0 Å². The smallest absolute Gasteiger partial charge is 0.0205 e. The highest BCUT2D eigenvalue weighted by atomic mass is 14.8. The molecule has 0 amide bonds. The SMILES string of the molecule is CC(C)CCCCNCc1ccc(C(C)C)cc1. The first-order chi connectivity index (χ1) is 8.59. The minimum atomic E-state index is 0.628. The molecule has 0 saturated carbocycles. The maximum Gasteiger partial charge on any atom is 0.0205 e. The molecule has 0 unspecified atom stereocenters. The van der Waals surface area contributed by atoms with E-state index in [1.807, 2.05) is 0 Å². The van der Waals surface area contributed by atoms with E-state index in [-0.39, 0.29) is 0 Å². The molecule has 1 rings (SSSR count). The molecule has 0 bridgehead atoms. The highest BCUT2D eigenvalue weighted by Crippen LogP contribution is 2.14. The van der Waals surface area contributed by atoms with Crippen molar-refractivity contribution in [2.24, 2.45) is 5.92 Å². The van der Waals surface area contributed by atoms with E-state index in [1.54, 1.807) is 0 Å². The summed E-state index contributed by atoms with van der Waals surface area (Å²) in [5, 5.41) is 3.52. The fourth-order valence-corrected chi connectivity index (χ4v) is 2.06. The predicted octanol–water partition coefficient (Wildman–Crippen LogP) is 4.73. The third-order valence-corrected chi connectivity index (χ3v) is 3.36. The van der Waals surface area contributed by atoms with Gasteiger partial charge >= 0.3 is 0 Å². The van der Waals surface area contributed by atoms with Crippen LogP contribution in [0.2, 0.25) is 0 Å². The fourth-order valence-electron chi connectivity index (χ4n) is 2.06. The first-order valence-corrected chi connectivity index (χ1v) is 7.39. The van der Waals surface area contributed by atoms with Gasteiger partial charge < -0.3 is 5.32 Å². The van der Waals surface area contributed by atoms with Crippen molar-refractivity contribution in [3.05, 3.63) is 35.4 Å². The van der Waals surface area contributed by atoms with Crippen LogP contribution in [0, 0.1) is 5.92 Å². The van der Waals surface area contributed by atoms with Crippen molar-refractivity contribution in [2.75, 3.05) is 6.54 Å². The minimum Gasteiger partial charge on any atom is -0.313 e. The molecule has 0 aliphatic carbocycles. The average Bonchev–Trinajstić information content (AvgIpc) is 2.34. The summed E-state index contributed by atoms with van der Waals surface area (Å²) in [4.78, 5) is 0. The van der Waals surface area contributed by atoms with Crippen molar-refractivity contribution in [1.82, 2.24) is 5.32 Å². The van der Waals surface area contributed by atoms with E-state index in [9.17, 15) is 0 Å². The first kappa shape index (κ1) is 15.2. The van der Waals surface area contributed by atoms with E-state index in [2.05, 4.69) is 57.3 Å². The lowest BCUT2D eigenvalue weighted by atomic mass is 10.0. The number of nitrogens with one attached hydrogen (secondary N) is 1. The highest BCUT2D eigenvalue weighted by Gasteiger charge is 1.99. The van der Waals surface area contributed by atoms with E-state index in [0.29, 0.717) is 5.92 Å². The first-order valence-electron chi connectivity index (χ1n) is 7.39. The van der Waals surface area contributed by atoms with Crippen molar-refractivity contribution in [3.63, 3.8) is 0 Å². The van der Waals surface area contributed by atoms with Gasteiger partial charge in [0.15, 0.2) is 0 Å². The zero-order valence-electron chi connectivity index (χ0n) is 12.5. The minimum absolute atomic E-state index is 0.628. The Morgan fingerprint density at radius 3 is 2.17 bits per heavy atom. The molecule has 0 saturated heterocycles. The molecule has 0 atom stereocenters. The number of unbranched alkanes of at least 4 members (excludes halogenated alkanes) is 1. The Morgan fingerprint density at radius 1 is 0.944 bits per heavy atom. The Bertz CT molecular complexity index is 311. The lowest BCUT2D eigenvalue weighted by molar-refractivity contribution is 0.520. The van der Waals surface area contributed by atoms with Crippen LogP contribution in [0.3, 0.4) is 0 Å². The maximum atomic E-state index is 3.52. The van der Waals surface area contributed by atoms with E-state index < -0.39 is 0 Å². The molecule has 1 heteroatoms. The molecule has 1 aromatic rings. The molecule has 1 N–H and O–H groups in total. The Balaban J connectivity index is 2.15. The lowest BCUT2D eigenvalue weighted by Crippen LogP contribution is -2.14.